The number of hydrogen-bond donors (Lipinski definition) is 1. The highest BCUT2D eigenvalue weighted by atomic mass is 16.5. The van der Waals surface area contributed by atoms with Crippen LogP contribution in [0.1, 0.15) is 55.6 Å². The Kier molecular flexibility index (Phi) is 3.20. The summed E-state index contributed by atoms with van der Waals surface area (Å²) in [7, 11) is 0. The van der Waals surface area contributed by atoms with E-state index in [1.807, 2.05) is 0 Å². The van der Waals surface area contributed by atoms with Crippen LogP contribution in [0.15, 0.2) is 0 Å². The Labute approximate surface area is 108 Å². The first-order valence-corrected chi connectivity index (χ1v) is 6.97. The molecule has 0 radical (unpaired) electrons. The van der Waals surface area contributed by atoms with Crippen molar-refractivity contribution in [1.29, 1.82) is 0 Å². The van der Waals surface area contributed by atoms with E-state index in [4.69, 9.17) is 15.5 Å². The predicted molar refractivity (Wildman–Crippen MR) is 70.2 cm³/mol. The van der Waals surface area contributed by atoms with Crippen LogP contribution in [0.3, 0.4) is 0 Å². The van der Waals surface area contributed by atoms with E-state index in [0.717, 1.165) is 36.0 Å². The molecule has 2 heterocycles. The number of rotatable bonds is 1. The summed E-state index contributed by atoms with van der Waals surface area (Å²) in [5.41, 5.74) is 8.17. The molecule has 0 saturated heterocycles. The van der Waals surface area contributed by atoms with Gasteiger partial charge in [-0.3, -0.25) is 0 Å². The van der Waals surface area contributed by atoms with Crippen molar-refractivity contribution in [2.45, 2.75) is 51.6 Å². The zero-order chi connectivity index (χ0) is 12.5. The molecular weight excluding hydrogens is 226 g/mol. The van der Waals surface area contributed by atoms with Crippen LogP contribution in [0.2, 0.25) is 0 Å². The number of hydrogen-bond acceptors (Lipinski definition) is 4. The Bertz CT molecular complexity index is 439. The molecule has 0 amide bonds. The number of anilines is 1. The van der Waals surface area contributed by atoms with Crippen molar-refractivity contribution < 1.29 is 4.74 Å². The first-order chi connectivity index (χ1) is 8.74. The van der Waals surface area contributed by atoms with Crippen LogP contribution in [0.25, 0.3) is 0 Å². The van der Waals surface area contributed by atoms with Gasteiger partial charge in [0.05, 0.1) is 18.9 Å². The zero-order valence-electron chi connectivity index (χ0n) is 11.0. The Morgan fingerprint density at radius 3 is 2.72 bits per heavy atom. The van der Waals surface area contributed by atoms with Gasteiger partial charge in [-0.2, -0.15) is 0 Å². The minimum absolute atomic E-state index is 0.511. The molecule has 3 rings (SSSR count). The summed E-state index contributed by atoms with van der Waals surface area (Å²) in [5, 5.41) is 0. The van der Waals surface area contributed by atoms with Gasteiger partial charge < -0.3 is 10.5 Å². The maximum Gasteiger partial charge on any atom is 0.134 e. The minimum atomic E-state index is 0.511. The lowest BCUT2D eigenvalue weighted by Crippen LogP contribution is -2.20. The summed E-state index contributed by atoms with van der Waals surface area (Å²) in [6.45, 7) is 3.66. The van der Waals surface area contributed by atoms with E-state index in [-0.39, 0.29) is 0 Å². The fourth-order valence-corrected chi connectivity index (χ4v) is 2.98. The molecule has 1 saturated carbocycles. The number of nitrogen functional groups attached to an aromatic ring is 1. The van der Waals surface area contributed by atoms with Gasteiger partial charge >= 0.3 is 0 Å². The average Bonchev–Trinajstić information content (AvgIpc) is 2.39. The second-order valence-electron chi connectivity index (χ2n) is 5.65. The lowest BCUT2D eigenvalue weighted by atomic mass is 9.82. The first kappa shape index (κ1) is 11.9. The maximum absolute atomic E-state index is 6.05. The maximum atomic E-state index is 6.05. The molecule has 0 aromatic carbocycles. The Balaban J connectivity index is 1.86. The molecule has 2 N–H and O–H groups in total. The van der Waals surface area contributed by atoms with Crippen molar-refractivity contribution >= 4 is 5.82 Å². The Morgan fingerprint density at radius 1 is 1.17 bits per heavy atom. The molecule has 1 fully saturated rings. The number of fused-ring (bicyclic) bond motifs is 1. The fourth-order valence-electron chi connectivity index (χ4n) is 2.98. The first-order valence-electron chi connectivity index (χ1n) is 6.97. The highest BCUT2D eigenvalue weighted by Gasteiger charge is 2.24. The molecule has 1 aliphatic carbocycles. The van der Waals surface area contributed by atoms with Gasteiger partial charge in [0.1, 0.15) is 11.6 Å². The zero-order valence-corrected chi connectivity index (χ0v) is 11.0. The minimum Gasteiger partial charge on any atom is -0.383 e. The lowest BCUT2D eigenvalue weighted by Gasteiger charge is -2.26. The second kappa shape index (κ2) is 4.84. The average molecular weight is 247 g/mol. The van der Waals surface area contributed by atoms with Gasteiger partial charge in [0.25, 0.3) is 0 Å². The summed E-state index contributed by atoms with van der Waals surface area (Å²) in [4.78, 5) is 9.27. The van der Waals surface area contributed by atoms with Crippen LogP contribution in [0, 0.1) is 5.92 Å². The number of nitrogens with two attached hydrogens (primary N) is 1. The number of nitrogens with zero attached hydrogens (tertiary/aromatic N) is 2. The summed E-state index contributed by atoms with van der Waals surface area (Å²) in [5.74, 6) is 2.97. The highest BCUT2D eigenvalue weighted by molar-refractivity contribution is 5.43. The molecule has 1 aromatic heterocycles. The molecule has 1 aliphatic heterocycles. The standard InChI is InChI=1S/C14H21N3O/c1-9-2-4-10(5-3-9)14-16-12-6-7-18-8-11(12)13(15)17-14/h9-10H,2-8H2,1H3,(H2,15,16,17). The Morgan fingerprint density at radius 2 is 1.94 bits per heavy atom. The van der Waals surface area contributed by atoms with Crippen molar-refractivity contribution in [1.82, 2.24) is 9.97 Å². The van der Waals surface area contributed by atoms with Crippen LogP contribution in [0.4, 0.5) is 5.82 Å². The van der Waals surface area contributed by atoms with Crippen LogP contribution >= 0.6 is 0 Å². The topological polar surface area (TPSA) is 61.0 Å². The predicted octanol–water partition coefficient (Wildman–Crippen LogP) is 2.43. The van der Waals surface area contributed by atoms with E-state index < -0.39 is 0 Å². The van der Waals surface area contributed by atoms with Gasteiger partial charge in [-0.15, -0.1) is 0 Å². The van der Waals surface area contributed by atoms with Gasteiger partial charge in [-0.25, -0.2) is 9.97 Å². The van der Waals surface area contributed by atoms with Crippen LogP contribution in [0.5, 0.6) is 0 Å². The number of aromatic nitrogens is 2. The molecule has 0 unspecified atom stereocenters. The number of ether oxygens (including phenoxy) is 1. The monoisotopic (exact) mass is 247 g/mol. The van der Waals surface area contributed by atoms with E-state index in [2.05, 4.69) is 11.9 Å². The quantitative estimate of drug-likeness (QED) is 0.828. The largest absolute Gasteiger partial charge is 0.383 e. The summed E-state index contributed by atoms with van der Waals surface area (Å²) < 4.78 is 5.42. The highest BCUT2D eigenvalue weighted by Crippen LogP contribution is 2.35. The summed E-state index contributed by atoms with van der Waals surface area (Å²) in [6, 6.07) is 0. The molecule has 0 atom stereocenters. The van der Waals surface area contributed by atoms with Gasteiger partial charge in [0.2, 0.25) is 0 Å². The summed E-state index contributed by atoms with van der Waals surface area (Å²) in [6.07, 6.45) is 5.85. The normalized spacial score (nSPS) is 27.8. The van der Waals surface area contributed by atoms with Gasteiger partial charge in [-0.1, -0.05) is 19.8 Å². The van der Waals surface area contributed by atoms with Gasteiger partial charge in [0.15, 0.2) is 0 Å². The third-order valence-electron chi connectivity index (χ3n) is 4.25. The molecule has 1 aromatic rings. The molecular formula is C14H21N3O. The van der Waals surface area contributed by atoms with Gasteiger partial charge in [-0.05, 0) is 18.8 Å². The molecule has 0 bridgehead atoms. The third kappa shape index (κ3) is 2.21. The SMILES string of the molecule is CC1CCC(c2nc(N)c3c(n2)CCOC3)CC1. The molecule has 4 heteroatoms. The molecule has 2 aliphatic rings. The van der Waals surface area contributed by atoms with Crippen molar-refractivity contribution in [2.75, 3.05) is 12.3 Å². The fraction of sp³-hybridized carbons (Fsp3) is 0.714. The Hall–Kier alpha value is -1.16. The summed E-state index contributed by atoms with van der Waals surface area (Å²) >= 11 is 0. The van der Waals surface area contributed by atoms with Crippen LogP contribution in [-0.4, -0.2) is 16.6 Å². The van der Waals surface area contributed by atoms with Crippen molar-refractivity contribution in [3.63, 3.8) is 0 Å². The van der Waals surface area contributed by atoms with E-state index >= 15 is 0 Å². The van der Waals surface area contributed by atoms with Gasteiger partial charge in [0, 0.05) is 17.9 Å². The lowest BCUT2D eigenvalue weighted by molar-refractivity contribution is 0.109. The van der Waals surface area contributed by atoms with Crippen molar-refractivity contribution in [2.24, 2.45) is 5.92 Å². The van der Waals surface area contributed by atoms with Crippen LogP contribution in [-0.2, 0) is 17.8 Å². The van der Waals surface area contributed by atoms with E-state index in [0.29, 0.717) is 18.3 Å². The third-order valence-corrected chi connectivity index (χ3v) is 4.25. The van der Waals surface area contributed by atoms with Crippen molar-refractivity contribution in [3.05, 3.63) is 17.1 Å². The van der Waals surface area contributed by atoms with Crippen molar-refractivity contribution in [3.8, 4) is 0 Å². The molecule has 4 nitrogen and oxygen atoms in total. The molecule has 0 spiro atoms. The smallest absolute Gasteiger partial charge is 0.134 e. The van der Waals surface area contributed by atoms with E-state index in [9.17, 15) is 0 Å². The molecule has 98 valence electrons. The van der Waals surface area contributed by atoms with Crippen LogP contribution < -0.4 is 5.73 Å². The van der Waals surface area contributed by atoms with E-state index in [1.165, 1.54) is 25.7 Å². The second-order valence-corrected chi connectivity index (χ2v) is 5.65. The van der Waals surface area contributed by atoms with E-state index in [1.54, 1.807) is 0 Å². The molecule has 18 heavy (non-hydrogen) atoms.